The molecule has 1 aromatic rings. The van der Waals surface area contributed by atoms with Gasteiger partial charge in [-0.15, -0.1) is 11.3 Å². The molecule has 5 heteroatoms. The Kier molecular flexibility index (Phi) is 4.00. The average molecular weight is 259 g/mol. The van der Waals surface area contributed by atoms with E-state index in [1.54, 1.807) is 12.1 Å². The summed E-state index contributed by atoms with van der Waals surface area (Å²) in [7, 11) is -3.04. The van der Waals surface area contributed by atoms with Gasteiger partial charge in [-0.3, -0.25) is 0 Å². The van der Waals surface area contributed by atoms with Crippen LogP contribution < -0.4 is 5.32 Å². The van der Waals surface area contributed by atoms with E-state index in [9.17, 15) is 8.42 Å². The maximum atomic E-state index is 11.9. The number of nitrogens with one attached hydrogen (secondary N) is 1. The Bertz CT molecular complexity index is 405. The van der Waals surface area contributed by atoms with Gasteiger partial charge < -0.3 is 5.32 Å². The second-order valence-electron chi connectivity index (χ2n) is 4.19. The number of hydrogen-bond donors (Lipinski definition) is 1. The summed E-state index contributed by atoms with van der Waals surface area (Å²) in [5.41, 5.74) is 0. The van der Waals surface area contributed by atoms with Gasteiger partial charge in [-0.25, -0.2) is 8.42 Å². The summed E-state index contributed by atoms with van der Waals surface area (Å²) in [5.74, 6) is 0.269. The molecule has 1 unspecified atom stereocenters. The molecule has 0 saturated carbocycles. The molecular weight excluding hydrogens is 242 g/mol. The highest BCUT2D eigenvalue weighted by atomic mass is 32.2. The minimum atomic E-state index is -3.04. The molecule has 2 heterocycles. The molecule has 90 valence electrons. The Balaban J connectivity index is 1.89. The number of rotatable bonds is 4. The quantitative estimate of drug-likeness (QED) is 0.900. The number of thiophene rings is 1. The molecule has 1 fully saturated rings. The van der Waals surface area contributed by atoms with E-state index in [1.165, 1.54) is 24.2 Å². The number of piperidine rings is 1. The zero-order valence-electron chi connectivity index (χ0n) is 9.19. The summed E-state index contributed by atoms with van der Waals surface area (Å²) in [4.78, 5) is 0. The Hall–Kier alpha value is -0.390. The molecule has 1 aliphatic rings. The van der Waals surface area contributed by atoms with Gasteiger partial charge in [-0.2, -0.15) is 0 Å². The van der Waals surface area contributed by atoms with E-state index in [0.717, 1.165) is 19.4 Å². The van der Waals surface area contributed by atoms with Crippen molar-refractivity contribution in [3.63, 3.8) is 0 Å². The smallest absolute Gasteiger partial charge is 0.187 e. The lowest BCUT2D eigenvalue weighted by molar-refractivity contribution is 0.392. The monoisotopic (exact) mass is 259 g/mol. The van der Waals surface area contributed by atoms with Crippen molar-refractivity contribution < 1.29 is 8.42 Å². The zero-order chi connectivity index (χ0) is 11.4. The Labute approximate surface area is 101 Å². The second-order valence-corrected chi connectivity index (χ2v) is 7.47. The first-order chi connectivity index (χ1) is 7.68. The van der Waals surface area contributed by atoms with E-state index >= 15 is 0 Å². The van der Waals surface area contributed by atoms with E-state index in [-0.39, 0.29) is 5.75 Å². The van der Waals surface area contributed by atoms with Crippen molar-refractivity contribution >= 4 is 21.2 Å². The Morgan fingerprint density at radius 2 is 2.31 bits per heavy atom. The summed E-state index contributed by atoms with van der Waals surface area (Å²) < 4.78 is 24.3. The van der Waals surface area contributed by atoms with Crippen LogP contribution in [0.2, 0.25) is 0 Å². The van der Waals surface area contributed by atoms with E-state index in [1.807, 2.05) is 5.38 Å². The molecule has 1 aromatic heterocycles. The highest BCUT2D eigenvalue weighted by Gasteiger charge is 2.19. The van der Waals surface area contributed by atoms with Crippen LogP contribution in [0.25, 0.3) is 0 Å². The predicted molar refractivity (Wildman–Crippen MR) is 66.6 cm³/mol. The highest BCUT2D eigenvalue weighted by Crippen LogP contribution is 2.19. The zero-order valence-corrected chi connectivity index (χ0v) is 10.8. The van der Waals surface area contributed by atoms with Crippen LogP contribution in [0.1, 0.15) is 25.7 Å². The molecule has 1 aliphatic heterocycles. The maximum absolute atomic E-state index is 11.9. The molecule has 1 saturated heterocycles. The predicted octanol–water partition coefficient (Wildman–Crippen LogP) is 2.05. The molecule has 0 bridgehead atoms. The van der Waals surface area contributed by atoms with Gasteiger partial charge in [0.15, 0.2) is 9.84 Å². The second kappa shape index (κ2) is 5.29. The topological polar surface area (TPSA) is 46.2 Å². The summed E-state index contributed by atoms with van der Waals surface area (Å²) in [6, 6.07) is 3.87. The summed E-state index contributed by atoms with van der Waals surface area (Å²) in [6.45, 7) is 1.03. The summed E-state index contributed by atoms with van der Waals surface area (Å²) >= 11 is 1.31. The first kappa shape index (κ1) is 12.1. The SMILES string of the molecule is O=S(=O)(CCC1CCCCN1)c1cccs1. The molecule has 3 nitrogen and oxygen atoms in total. The lowest BCUT2D eigenvalue weighted by Gasteiger charge is -2.23. The van der Waals surface area contributed by atoms with Gasteiger partial charge in [-0.1, -0.05) is 12.5 Å². The van der Waals surface area contributed by atoms with Gasteiger partial charge in [0.1, 0.15) is 4.21 Å². The van der Waals surface area contributed by atoms with Crippen LogP contribution in [-0.2, 0) is 9.84 Å². The molecule has 0 amide bonds. The summed E-state index contributed by atoms with van der Waals surface area (Å²) in [6.07, 6.45) is 4.28. The van der Waals surface area contributed by atoms with Crippen molar-refractivity contribution in [1.82, 2.24) is 5.32 Å². The molecule has 0 aliphatic carbocycles. The minimum Gasteiger partial charge on any atom is -0.314 e. The lowest BCUT2D eigenvalue weighted by Crippen LogP contribution is -2.35. The van der Waals surface area contributed by atoms with Gasteiger partial charge in [0, 0.05) is 6.04 Å². The van der Waals surface area contributed by atoms with Crippen LogP contribution in [0, 0.1) is 0 Å². The molecule has 0 radical (unpaired) electrons. The van der Waals surface area contributed by atoms with Crippen molar-refractivity contribution in [1.29, 1.82) is 0 Å². The minimum absolute atomic E-state index is 0.269. The molecule has 0 spiro atoms. The van der Waals surface area contributed by atoms with Gasteiger partial charge in [0.25, 0.3) is 0 Å². The van der Waals surface area contributed by atoms with E-state index in [4.69, 9.17) is 0 Å². The van der Waals surface area contributed by atoms with Crippen molar-refractivity contribution in [2.75, 3.05) is 12.3 Å². The average Bonchev–Trinajstić information content (AvgIpc) is 2.82. The van der Waals surface area contributed by atoms with Crippen molar-refractivity contribution in [2.45, 2.75) is 35.9 Å². The first-order valence-corrected chi connectivity index (χ1v) is 8.21. The van der Waals surface area contributed by atoms with Gasteiger partial charge in [-0.05, 0) is 37.3 Å². The van der Waals surface area contributed by atoms with Crippen LogP contribution >= 0.6 is 11.3 Å². The molecular formula is C11H17NO2S2. The molecule has 16 heavy (non-hydrogen) atoms. The third kappa shape index (κ3) is 3.06. The highest BCUT2D eigenvalue weighted by molar-refractivity contribution is 7.93. The lowest BCUT2D eigenvalue weighted by atomic mass is 10.0. The standard InChI is InChI=1S/C11H17NO2S2/c13-16(14,11-5-3-8-15-11)9-6-10-4-1-2-7-12-10/h3,5,8,10,12H,1-2,4,6-7,9H2. The molecule has 0 aromatic carbocycles. The van der Waals surface area contributed by atoms with Crippen molar-refractivity contribution in [2.24, 2.45) is 0 Å². The van der Waals surface area contributed by atoms with E-state index < -0.39 is 9.84 Å². The van der Waals surface area contributed by atoms with Crippen molar-refractivity contribution in [3.8, 4) is 0 Å². The fraction of sp³-hybridized carbons (Fsp3) is 0.636. The van der Waals surface area contributed by atoms with E-state index in [2.05, 4.69) is 5.32 Å². The van der Waals surface area contributed by atoms with Crippen LogP contribution in [-0.4, -0.2) is 26.8 Å². The van der Waals surface area contributed by atoms with Crippen molar-refractivity contribution in [3.05, 3.63) is 17.5 Å². The van der Waals surface area contributed by atoms with Crippen LogP contribution in [0.3, 0.4) is 0 Å². The van der Waals surface area contributed by atoms with Crippen LogP contribution in [0.4, 0.5) is 0 Å². The molecule has 1 atom stereocenters. The third-order valence-corrected chi connectivity index (χ3v) is 6.18. The van der Waals surface area contributed by atoms with E-state index in [0.29, 0.717) is 10.3 Å². The fourth-order valence-electron chi connectivity index (χ4n) is 2.01. The third-order valence-electron chi connectivity index (χ3n) is 2.95. The molecule has 2 rings (SSSR count). The van der Waals surface area contributed by atoms with Gasteiger partial charge >= 0.3 is 0 Å². The Morgan fingerprint density at radius 1 is 1.44 bits per heavy atom. The summed E-state index contributed by atoms with van der Waals surface area (Å²) in [5, 5.41) is 5.19. The van der Waals surface area contributed by atoms with Gasteiger partial charge in [0.05, 0.1) is 5.75 Å². The molecule has 1 N–H and O–H groups in total. The van der Waals surface area contributed by atoms with Crippen LogP contribution in [0.5, 0.6) is 0 Å². The number of hydrogen-bond acceptors (Lipinski definition) is 4. The Morgan fingerprint density at radius 3 is 2.94 bits per heavy atom. The maximum Gasteiger partial charge on any atom is 0.187 e. The fourth-order valence-corrected chi connectivity index (χ4v) is 4.54. The number of sulfone groups is 1. The van der Waals surface area contributed by atoms with Crippen LogP contribution in [0.15, 0.2) is 21.7 Å². The van der Waals surface area contributed by atoms with Gasteiger partial charge in [0.2, 0.25) is 0 Å². The largest absolute Gasteiger partial charge is 0.314 e. The normalized spacial score (nSPS) is 22.1. The first-order valence-electron chi connectivity index (χ1n) is 5.68.